The molecule has 0 aliphatic carbocycles. The van der Waals surface area contributed by atoms with Crippen LogP contribution in [0.2, 0.25) is 0 Å². The average molecular weight is 277 g/mol. The molecule has 0 spiro atoms. The Balaban J connectivity index is 3.09. The molecule has 0 aromatic heterocycles. The van der Waals surface area contributed by atoms with E-state index in [1.165, 1.54) is 0 Å². The molecule has 8 nitrogen and oxygen atoms in total. The van der Waals surface area contributed by atoms with Crippen LogP contribution in [-0.4, -0.2) is 46.8 Å². The Kier molecular flexibility index (Phi) is 4.35. The Morgan fingerprint density at radius 2 is 1.72 bits per heavy atom. The fourth-order valence-corrected chi connectivity index (χ4v) is 2.49. The normalized spacial score (nSPS) is 15.1. The number of nitrogens with zero attached hydrogens (tertiary/aromatic N) is 1. The van der Waals surface area contributed by atoms with Crippen LogP contribution in [0.15, 0.2) is 29.2 Å². The van der Waals surface area contributed by atoms with E-state index in [9.17, 15) is 23.6 Å². The van der Waals surface area contributed by atoms with Crippen LogP contribution >= 0.6 is 0 Å². The number of aliphatic hydroxyl groups is 3. The molecule has 9 heteroatoms. The number of sulfone groups is 1. The van der Waals surface area contributed by atoms with Crippen molar-refractivity contribution < 1.29 is 28.7 Å². The lowest BCUT2D eigenvalue weighted by molar-refractivity contribution is -0.384. The molecule has 2 unspecified atom stereocenters. The Morgan fingerprint density at radius 3 is 2.11 bits per heavy atom. The SMILES string of the molecule is O=[N+]([O-])c1ccc(S(=O)(=O)C(O)C(O)CO)cc1. The lowest BCUT2D eigenvalue weighted by Crippen LogP contribution is -2.36. The van der Waals surface area contributed by atoms with Gasteiger partial charge in [0.05, 0.1) is 16.4 Å². The first-order valence-corrected chi connectivity index (χ1v) is 6.30. The predicted octanol–water partition coefficient (Wildman–Crippen LogP) is -0.960. The van der Waals surface area contributed by atoms with Crippen molar-refractivity contribution in [3.8, 4) is 0 Å². The van der Waals surface area contributed by atoms with Gasteiger partial charge in [-0.1, -0.05) is 0 Å². The molecule has 1 aromatic rings. The van der Waals surface area contributed by atoms with Crippen molar-refractivity contribution in [1.82, 2.24) is 0 Å². The summed E-state index contributed by atoms with van der Waals surface area (Å²) in [5, 5.41) is 37.4. The van der Waals surface area contributed by atoms with Gasteiger partial charge >= 0.3 is 0 Å². The summed E-state index contributed by atoms with van der Waals surface area (Å²) in [5.74, 6) is 0. The lowest BCUT2D eigenvalue weighted by Gasteiger charge is -2.15. The first-order chi connectivity index (χ1) is 8.30. The molecule has 0 saturated carbocycles. The average Bonchev–Trinajstić information content (AvgIpc) is 2.36. The lowest BCUT2D eigenvalue weighted by atomic mass is 10.3. The quantitative estimate of drug-likeness (QED) is 0.465. The summed E-state index contributed by atoms with van der Waals surface area (Å²) in [4.78, 5) is 9.30. The van der Waals surface area contributed by atoms with Crippen LogP contribution < -0.4 is 0 Å². The van der Waals surface area contributed by atoms with Gasteiger partial charge < -0.3 is 15.3 Å². The number of rotatable bonds is 5. The van der Waals surface area contributed by atoms with E-state index >= 15 is 0 Å². The number of hydrogen-bond donors (Lipinski definition) is 3. The molecule has 1 rings (SSSR count). The zero-order valence-corrected chi connectivity index (χ0v) is 9.82. The van der Waals surface area contributed by atoms with Gasteiger partial charge in [-0.15, -0.1) is 0 Å². The van der Waals surface area contributed by atoms with Gasteiger partial charge in [-0.05, 0) is 12.1 Å². The second-order valence-corrected chi connectivity index (χ2v) is 5.48. The monoisotopic (exact) mass is 277 g/mol. The summed E-state index contributed by atoms with van der Waals surface area (Å²) in [6.07, 6.45) is -1.84. The van der Waals surface area contributed by atoms with E-state index < -0.39 is 32.9 Å². The molecule has 2 atom stereocenters. The molecule has 0 aliphatic rings. The van der Waals surface area contributed by atoms with Crippen molar-refractivity contribution in [2.24, 2.45) is 0 Å². The topological polar surface area (TPSA) is 138 Å². The Morgan fingerprint density at radius 1 is 1.22 bits per heavy atom. The highest BCUT2D eigenvalue weighted by Gasteiger charge is 2.31. The van der Waals surface area contributed by atoms with Gasteiger partial charge in [0, 0.05) is 12.1 Å². The van der Waals surface area contributed by atoms with E-state index in [0.717, 1.165) is 24.3 Å². The standard InChI is InChI=1S/C9H11NO7S/c11-5-8(12)9(13)18(16,17)7-3-1-6(2-4-7)10(14)15/h1-4,8-9,11-13H,5H2. The van der Waals surface area contributed by atoms with Crippen molar-refractivity contribution in [2.45, 2.75) is 16.4 Å². The molecule has 0 saturated heterocycles. The minimum absolute atomic E-state index is 0.300. The van der Waals surface area contributed by atoms with Crippen molar-refractivity contribution in [2.75, 3.05) is 6.61 Å². The Bertz CT molecular complexity index is 524. The van der Waals surface area contributed by atoms with Crippen molar-refractivity contribution in [3.63, 3.8) is 0 Å². The highest BCUT2D eigenvalue weighted by Crippen LogP contribution is 2.20. The molecule has 0 amide bonds. The summed E-state index contributed by atoms with van der Waals surface area (Å²) in [5.41, 5.74) is -2.49. The summed E-state index contributed by atoms with van der Waals surface area (Å²) < 4.78 is 23.4. The molecule has 0 heterocycles. The van der Waals surface area contributed by atoms with Crippen LogP contribution in [0.4, 0.5) is 5.69 Å². The first kappa shape index (κ1) is 14.5. The van der Waals surface area contributed by atoms with Crippen molar-refractivity contribution in [3.05, 3.63) is 34.4 Å². The molecule has 0 radical (unpaired) electrons. The highest BCUT2D eigenvalue weighted by molar-refractivity contribution is 7.92. The number of nitro benzene ring substituents is 1. The maximum absolute atomic E-state index is 11.7. The number of non-ortho nitro benzene ring substituents is 1. The molecular formula is C9H11NO7S. The predicted molar refractivity (Wildman–Crippen MR) is 59.4 cm³/mol. The van der Waals surface area contributed by atoms with Gasteiger partial charge in [0.25, 0.3) is 5.69 Å². The maximum atomic E-state index is 11.7. The number of hydrogen-bond acceptors (Lipinski definition) is 7. The highest BCUT2D eigenvalue weighted by atomic mass is 32.2. The van der Waals surface area contributed by atoms with Gasteiger partial charge in [0.1, 0.15) is 6.10 Å². The first-order valence-electron chi connectivity index (χ1n) is 4.76. The smallest absolute Gasteiger partial charge is 0.269 e. The van der Waals surface area contributed by atoms with Gasteiger partial charge in [-0.25, -0.2) is 8.42 Å². The van der Waals surface area contributed by atoms with Crippen LogP contribution in [0.5, 0.6) is 0 Å². The van der Waals surface area contributed by atoms with E-state index in [1.54, 1.807) is 0 Å². The van der Waals surface area contributed by atoms with Crippen LogP contribution in [-0.2, 0) is 9.84 Å². The van der Waals surface area contributed by atoms with Crippen molar-refractivity contribution >= 4 is 15.5 Å². The molecule has 3 N–H and O–H groups in total. The Hall–Kier alpha value is -1.55. The molecule has 100 valence electrons. The number of nitro groups is 1. The second-order valence-electron chi connectivity index (χ2n) is 3.44. The largest absolute Gasteiger partial charge is 0.394 e. The molecule has 1 aromatic carbocycles. The summed E-state index contributed by atoms with van der Waals surface area (Å²) >= 11 is 0. The van der Waals surface area contributed by atoms with Gasteiger partial charge in [-0.2, -0.15) is 0 Å². The zero-order valence-electron chi connectivity index (χ0n) is 9.00. The van der Waals surface area contributed by atoms with Crippen LogP contribution in [0.25, 0.3) is 0 Å². The van der Waals surface area contributed by atoms with E-state index in [1.807, 2.05) is 0 Å². The summed E-state index contributed by atoms with van der Waals surface area (Å²) in [6.45, 7) is -0.923. The molecular weight excluding hydrogens is 266 g/mol. The maximum Gasteiger partial charge on any atom is 0.269 e. The van der Waals surface area contributed by atoms with Crippen LogP contribution in [0.1, 0.15) is 0 Å². The fourth-order valence-electron chi connectivity index (χ4n) is 1.19. The fraction of sp³-hybridized carbons (Fsp3) is 0.333. The van der Waals surface area contributed by atoms with Crippen LogP contribution in [0, 0.1) is 10.1 Å². The van der Waals surface area contributed by atoms with Gasteiger partial charge in [0.15, 0.2) is 5.44 Å². The van der Waals surface area contributed by atoms with E-state index in [-0.39, 0.29) is 10.6 Å². The van der Waals surface area contributed by atoms with Crippen LogP contribution in [0.3, 0.4) is 0 Å². The molecule has 0 aliphatic heterocycles. The zero-order chi connectivity index (χ0) is 13.9. The minimum atomic E-state index is -4.27. The third-order valence-electron chi connectivity index (χ3n) is 2.21. The van der Waals surface area contributed by atoms with E-state index in [2.05, 4.69) is 0 Å². The van der Waals surface area contributed by atoms with Gasteiger partial charge in [-0.3, -0.25) is 10.1 Å². The third kappa shape index (κ3) is 2.82. The molecule has 0 bridgehead atoms. The second kappa shape index (κ2) is 5.40. The van der Waals surface area contributed by atoms with Gasteiger partial charge in [0.2, 0.25) is 9.84 Å². The minimum Gasteiger partial charge on any atom is -0.394 e. The number of aliphatic hydroxyl groups excluding tert-OH is 3. The van der Waals surface area contributed by atoms with Crippen molar-refractivity contribution in [1.29, 1.82) is 0 Å². The molecule has 0 fully saturated rings. The summed E-state index contributed by atoms with van der Waals surface area (Å²) in [6, 6.07) is 3.82. The Labute approximate surface area is 102 Å². The molecule has 18 heavy (non-hydrogen) atoms. The third-order valence-corrected chi connectivity index (χ3v) is 4.09. The van der Waals surface area contributed by atoms with E-state index in [0.29, 0.717) is 0 Å². The summed E-state index contributed by atoms with van der Waals surface area (Å²) in [7, 11) is -4.27. The van der Waals surface area contributed by atoms with E-state index in [4.69, 9.17) is 10.2 Å². The number of benzene rings is 1.